The molecule has 4 nitrogen and oxygen atoms in total. The van der Waals surface area contributed by atoms with Crippen LogP contribution in [0.4, 0.5) is 10.1 Å². The van der Waals surface area contributed by atoms with Crippen molar-refractivity contribution in [1.82, 2.24) is 0 Å². The van der Waals surface area contributed by atoms with Crippen LogP contribution in [0.1, 0.15) is 12.5 Å². The molecule has 2 rings (SSSR count). The van der Waals surface area contributed by atoms with Gasteiger partial charge in [0.15, 0.2) is 17.3 Å². The summed E-state index contributed by atoms with van der Waals surface area (Å²) < 4.78 is 24.3. The number of hydrogen-bond acceptors (Lipinski definition) is 4. The van der Waals surface area contributed by atoms with Crippen LogP contribution in [0.2, 0.25) is 0 Å². The molecule has 102 valence electrons. The number of nitrogens with zero attached hydrogens (tertiary/aromatic N) is 1. The number of hydrogen-bond donors (Lipinski definition) is 1. The lowest BCUT2D eigenvalue weighted by Gasteiger charge is -2.11. The monoisotopic (exact) mass is 272 g/mol. The van der Waals surface area contributed by atoms with Gasteiger partial charge >= 0.3 is 0 Å². The molecule has 0 aliphatic heterocycles. The van der Waals surface area contributed by atoms with Gasteiger partial charge in [0.25, 0.3) is 0 Å². The van der Waals surface area contributed by atoms with Crippen molar-refractivity contribution < 1.29 is 13.9 Å². The Morgan fingerprint density at radius 1 is 1.20 bits per heavy atom. The van der Waals surface area contributed by atoms with Crippen molar-refractivity contribution in [1.29, 1.82) is 5.26 Å². The van der Waals surface area contributed by atoms with Crippen LogP contribution in [0.15, 0.2) is 36.4 Å². The second kappa shape index (κ2) is 5.93. The highest BCUT2D eigenvalue weighted by Crippen LogP contribution is 2.33. The Labute approximate surface area is 116 Å². The molecular weight excluding hydrogens is 259 g/mol. The number of halogens is 1. The highest BCUT2D eigenvalue weighted by molar-refractivity contribution is 5.57. The van der Waals surface area contributed by atoms with Crippen molar-refractivity contribution in [2.75, 3.05) is 12.3 Å². The second-order valence-corrected chi connectivity index (χ2v) is 3.99. The first kappa shape index (κ1) is 13.7. The fourth-order valence-corrected chi connectivity index (χ4v) is 1.63. The summed E-state index contributed by atoms with van der Waals surface area (Å²) in [7, 11) is 0. The van der Waals surface area contributed by atoms with Gasteiger partial charge in [-0.25, -0.2) is 4.39 Å². The van der Waals surface area contributed by atoms with E-state index in [0.717, 1.165) is 6.07 Å². The topological polar surface area (TPSA) is 68.3 Å². The van der Waals surface area contributed by atoms with Crippen LogP contribution in [0.3, 0.4) is 0 Å². The SMILES string of the molecule is CCOc1cc(Oc2ccc(C#N)cc2)c(N)cc1F. The van der Waals surface area contributed by atoms with Gasteiger partial charge in [0.1, 0.15) is 5.75 Å². The predicted octanol–water partition coefficient (Wildman–Crippen LogP) is 3.47. The quantitative estimate of drug-likeness (QED) is 0.865. The average Bonchev–Trinajstić information content (AvgIpc) is 2.45. The molecule has 0 fully saturated rings. The summed E-state index contributed by atoms with van der Waals surface area (Å²) in [5.74, 6) is 0.367. The van der Waals surface area contributed by atoms with Gasteiger partial charge in [-0.15, -0.1) is 0 Å². The van der Waals surface area contributed by atoms with E-state index in [4.69, 9.17) is 20.5 Å². The van der Waals surface area contributed by atoms with Gasteiger partial charge in [0.05, 0.1) is 23.9 Å². The highest BCUT2D eigenvalue weighted by atomic mass is 19.1. The first-order chi connectivity index (χ1) is 9.63. The zero-order valence-electron chi connectivity index (χ0n) is 10.9. The Morgan fingerprint density at radius 2 is 1.90 bits per heavy atom. The van der Waals surface area contributed by atoms with Crippen molar-refractivity contribution in [3.63, 3.8) is 0 Å². The fraction of sp³-hybridized carbons (Fsp3) is 0.133. The highest BCUT2D eigenvalue weighted by Gasteiger charge is 2.10. The first-order valence-corrected chi connectivity index (χ1v) is 6.04. The van der Waals surface area contributed by atoms with E-state index in [9.17, 15) is 4.39 Å². The van der Waals surface area contributed by atoms with Crippen LogP contribution in [0.5, 0.6) is 17.2 Å². The van der Waals surface area contributed by atoms with E-state index in [2.05, 4.69) is 0 Å². The van der Waals surface area contributed by atoms with Crippen molar-refractivity contribution >= 4 is 5.69 Å². The van der Waals surface area contributed by atoms with Crippen LogP contribution in [-0.4, -0.2) is 6.61 Å². The maximum absolute atomic E-state index is 13.6. The van der Waals surface area contributed by atoms with E-state index in [1.54, 1.807) is 31.2 Å². The molecule has 2 aromatic rings. The van der Waals surface area contributed by atoms with E-state index < -0.39 is 5.82 Å². The number of nitriles is 1. The fourth-order valence-electron chi connectivity index (χ4n) is 1.63. The van der Waals surface area contributed by atoms with Crippen molar-refractivity contribution in [2.45, 2.75) is 6.92 Å². The Morgan fingerprint density at radius 3 is 2.50 bits per heavy atom. The van der Waals surface area contributed by atoms with Crippen molar-refractivity contribution in [3.05, 3.63) is 47.8 Å². The third kappa shape index (κ3) is 2.98. The molecule has 2 aromatic carbocycles. The van der Waals surface area contributed by atoms with Crippen LogP contribution < -0.4 is 15.2 Å². The van der Waals surface area contributed by atoms with Crippen LogP contribution in [0.25, 0.3) is 0 Å². The van der Waals surface area contributed by atoms with Crippen LogP contribution in [-0.2, 0) is 0 Å². The molecule has 0 amide bonds. The standard InChI is InChI=1S/C15H13FN2O2/c1-2-19-14-8-15(13(18)7-12(14)16)20-11-5-3-10(9-17)4-6-11/h3-8H,2,18H2,1H3. The molecule has 0 radical (unpaired) electrons. The Bertz CT molecular complexity index is 648. The Hall–Kier alpha value is -2.74. The second-order valence-electron chi connectivity index (χ2n) is 3.99. The van der Waals surface area contributed by atoms with E-state index >= 15 is 0 Å². The van der Waals surface area contributed by atoms with Gasteiger partial charge in [-0.1, -0.05) is 0 Å². The molecular formula is C15H13FN2O2. The largest absolute Gasteiger partial charge is 0.491 e. The average molecular weight is 272 g/mol. The number of benzene rings is 2. The lowest BCUT2D eigenvalue weighted by atomic mass is 10.2. The molecule has 5 heteroatoms. The van der Waals surface area contributed by atoms with Gasteiger partial charge in [0.2, 0.25) is 0 Å². The maximum Gasteiger partial charge on any atom is 0.167 e. The van der Waals surface area contributed by atoms with Gasteiger partial charge < -0.3 is 15.2 Å². The molecule has 0 bridgehead atoms. The summed E-state index contributed by atoms with van der Waals surface area (Å²) in [6.07, 6.45) is 0. The molecule has 0 saturated carbocycles. The number of ether oxygens (including phenoxy) is 2. The maximum atomic E-state index is 13.6. The summed E-state index contributed by atoms with van der Waals surface area (Å²) in [5, 5.41) is 8.72. The lowest BCUT2D eigenvalue weighted by molar-refractivity contribution is 0.319. The molecule has 2 N–H and O–H groups in total. The van der Waals surface area contributed by atoms with Gasteiger partial charge in [-0.05, 0) is 31.2 Å². The Balaban J connectivity index is 2.27. The molecule has 0 aliphatic carbocycles. The Kier molecular flexibility index (Phi) is 4.06. The van der Waals surface area contributed by atoms with Crippen molar-refractivity contribution in [2.24, 2.45) is 0 Å². The minimum absolute atomic E-state index is 0.0883. The van der Waals surface area contributed by atoms with Gasteiger partial charge in [0, 0.05) is 12.1 Å². The molecule has 0 aliphatic rings. The first-order valence-electron chi connectivity index (χ1n) is 6.04. The number of rotatable bonds is 4. The molecule has 20 heavy (non-hydrogen) atoms. The predicted molar refractivity (Wildman–Crippen MR) is 73.2 cm³/mol. The zero-order chi connectivity index (χ0) is 14.5. The smallest absolute Gasteiger partial charge is 0.167 e. The van der Waals surface area contributed by atoms with Gasteiger partial charge in [-0.3, -0.25) is 0 Å². The molecule has 0 unspecified atom stereocenters. The van der Waals surface area contributed by atoms with Gasteiger partial charge in [-0.2, -0.15) is 5.26 Å². The third-order valence-corrected chi connectivity index (χ3v) is 2.58. The lowest BCUT2D eigenvalue weighted by Crippen LogP contribution is -1.99. The third-order valence-electron chi connectivity index (χ3n) is 2.58. The molecule has 0 spiro atoms. The van der Waals surface area contributed by atoms with E-state index in [0.29, 0.717) is 23.7 Å². The van der Waals surface area contributed by atoms with E-state index in [-0.39, 0.29) is 11.4 Å². The minimum atomic E-state index is -0.531. The van der Waals surface area contributed by atoms with E-state index in [1.165, 1.54) is 6.07 Å². The summed E-state index contributed by atoms with van der Waals surface area (Å²) >= 11 is 0. The molecule has 0 heterocycles. The minimum Gasteiger partial charge on any atom is -0.491 e. The number of nitrogen functional groups attached to an aromatic ring is 1. The summed E-state index contributed by atoms with van der Waals surface area (Å²) in [4.78, 5) is 0. The van der Waals surface area contributed by atoms with Crippen LogP contribution >= 0.6 is 0 Å². The van der Waals surface area contributed by atoms with Crippen molar-refractivity contribution in [3.8, 4) is 23.3 Å². The summed E-state index contributed by atoms with van der Waals surface area (Å²) in [6.45, 7) is 2.11. The summed E-state index contributed by atoms with van der Waals surface area (Å²) in [6, 6.07) is 11.1. The normalized spacial score (nSPS) is 9.85. The molecule has 0 aromatic heterocycles. The molecule has 0 saturated heterocycles. The summed E-state index contributed by atoms with van der Waals surface area (Å²) in [5.41, 5.74) is 6.42. The van der Waals surface area contributed by atoms with Crippen LogP contribution in [0, 0.1) is 17.1 Å². The molecule has 0 atom stereocenters. The number of nitrogens with two attached hydrogens (primary N) is 1. The van der Waals surface area contributed by atoms with E-state index in [1.807, 2.05) is 6.07 Å². The zero-order valence-corrected chi connectivity index (χ0v) is 10.9. The number of anilines is 1.